The zero-order chi connectivity index (χ0) is 19.1. The topological polar surface area (TPSA) is 70.2 Å². The Kier molecular flexibility index (Phi) is 7.12. The summed E-state index contributed by atoms with van der Waals surface area (Å²) >= 11 is 11.4. The first-order chi connectivity index (χ1) is 12.4. The van der Waals surface area contributed by atoms with Gasteiger partial charge in [-0.25, -0.2) is 0 Å². The number of carbonyl (C=O) groups excluding carboxylic acids is 2. The van der Waals surface area contributed by atoms with E-state index in [9.17, 15) is 9.59 Å². The van der Waals surface area contributed by atoms with Crippen molar-refractivity contribution in [1.82, 2.24) is 5.32 Å². The number of amides is 2. The van der Waals surface area contributed by atoms with Crippen LogP contribution in [0.5, 0.6) is 0 Å². The highest BCUT2D eigenvalue weighted by Gasteiger charge is 2.10. The highest BCUT2D eigenvalue weighted by Crippen LogP contribution is 2.25. The predicted molar refractivity (Wildman–Crippen MR) is 110 cm³/mol. The summed E-state index contributed by atoms with van der Waals surface area (Å²) in [5.74, 6) is -0.383. The van der Waals surface area contributed by atoms with E-state index in [1.807, 2.05) is 19.9 Å². The van der Waals surface area contributed by atoms with E-state index in [0.717, 1.165) is 12.0 Å². The lowest BCUT2D eigenvalue weighted by Gasteiger charge is -2.13. The molecule has 0 saturated carbocycles. The molecule has 136 valence electrons. The number of thiocarbonyl (C=S) groups is 1. The first kappa shape index (κ1) is 19.9. The average Bonchev–Trinajstić information content (AvgIpc) is 2.58. The van der Waals surface area contributed by atoms with Gasteiger partial charge in [0, 0.05) is 17.7 Å². The van der Waals surface area contributed by atoms with Crippen LogP contribution in [0.2, 0.25) is 5.02 Å². The van der Waals surface area contributed by atoms with Crippen LogP contribution >= 0.6 is 23.8 Å². The van der Waals surface area contributed by atoms with Crippen molar-refractivity contribution in [3.8, 4) is 0 Å². The van der Waals surface area contributed by atoms with Gasteiger partial charge < -0.3 is 10.6 Å². The molecule has 0 atom stereocenters. The molecule has 26 heavy (non-hydrogen) atoms. The maximum atomic E-state index is 12.2. The smallest absolute Gasteiger partial charge is 0.257 e. The second-order valence-corrected chi connectivity index (χ2v) is 6.59. The number of aryl methyl sites for hydroxylation is 1. The van der Waals surface area contributed by atoms with E-state index in [-0.39, 0.29) is 16.9 Å². The number of nitrogens with one attached hydrogen (secondary N) is 3. The molecular weight excluding hydrogens is 370 g/mol. The first-order valence-electron chi connectivity index (χ1n) is 8.17. The van der Waals surface area contributed by atoms with Crippen LogP contribution in [0, 0.1) is 6.92 Å². The zero-order valence-corrected chi connectivity index (χ0v) is 16.1. The minimum absolute atomic E-state index is 0.0731. The van der Waals surface area contributed by atoms with Crippen LogP contribution in [0.4, 0.5) is 11.4 Å². The summed E-state index contributed by atoms with van der Waals surface area (Å²) in [6.45, 7) is 3.84. The number of halogens is 1. The van der Waals surface area contributed by atoms with E-state index in [2.05, 4.69) is 16.0 Å². The molecule has 0 saturated heterocycles. The Labute approximate surface area is 163 Å². The minimum Gasteiger partial charge on any atom is -0.331 e. The summed E-state index contributed by atoms with van der Waals surface area (Å²) in [5.41, 5.74) is 2.59. The van der Waals surface area contributed by atoms with Crippen LogP contribution in [0.25, 0.3) is 0 Å². The molecule has 0 unspecified atom stereocenters. The Hall–Kier alpha value is -2.44. The maximum Gasteiger partial charge on any atom is 0.257 e. The van der Waals surface area contributed by atoms with Gasteiger partial charge in [-0.05, 0) is 55.9 Å². The van der Waals surface area contributed by atoms with Gasteiger partial charge in [0.2, 0.25) is 5.91 Å². The Bertz CT molecular complexity index is 839. The van der Waals surface area contributed by atoms with Crippen LogP contribution in [0.15, 0.2) is 42.5 Å². The van der Waals surface area contributed by atoms with Gasteiger partial charge >= 0.3 is 0 Å². The molecule has 5 nitrogen and oxygen atoms in total. The van der Waals surface area contributed by atoms with Crippen molar-refractivity contribution < 1.29 is 9.59 Å². The number of anilines is 2. The monoisotopic (exact) mass is 389 g/mol. The SMILES string of the molecule is CCCC(=O)Nc1ccc(Cl)c(NC(=S)NC(=O)c2cccc(C)c2)c1. The van der Waals surface area contributed by atoms with Crippen molar-refractivity contribution in [2.45, 2.75) is 26.7 Å². The van der Waals surface area contributed by atoms with E-state index in [0.29, 0.717) is 28.4 Å². The quantitative estimate of drug-likeness (QED) is 0.658. The number of carbonyl (C=O) groups is 2. The van der Waals surface area contributed by atoms with Gasteiger partial charge in [0.25, 0.3) is 5.91 Å². The maximum absolute atomic E-state index is 12.2. The molecule has 0 bridgehead atoms. The normalized spacial score (nSPS) is 10.1. The van der Waals surface area contributed by atoms with Gasteiger partial charge in [-0.15, -0.1) is 0 Å². The average molecular weight is 390 g/mol. The molecule has 0 aliphatic rings. The lowest BCUT2D eigenvalue weighted by atomic mass is 10.1. The molecule has 2 amide bonds. The molecule has 7 heteroatoms. The fourth-order valence-corrected chi connectivity index (χ4v) is 2.63. The summed E-state index contributed by atoms with van der Waals surface area (Å²) < 4.78 is 0. The Morgan fingerprint density at radius 3 is 2.58 bits per heavy atom. The molecule has 0 heterocycles. The fraction of sp³-hybridized carbons (Fsp3) is 0.211. The predicted octanol–water partition coefficient (Wildman–Crippen LogP) is 4.51. The van der Waals surface area contributed by atoms with Crippen molar-refractivity contribution in [1.29, 1.82) is 0 Å². The van der Waals surface area contributed by atoms with Crippen LogP contribution in [-0.2, 0) is 4.79 Å². The second-order valence-electron chi connectivity index (χ2n) is 5.77. The van der Waals surface area contributed by atoms with Gasteiger partial charge in [0.1, 0.15) is 0 Å². The molecule has 2 rings (SSSR count). The third-order valence-corrected chi connectivity index (χ3v) is 4.02. The lowest BCUT2D eigenvalue weighted by molar-refractivity contribution is -0.116. The molecule has 0 spiro atoms. The summed E-state index contributed by atoms with van der Waals surface area (Å²) in [5, 5.41) is 8.83. The molecule has 0 aliphatic heterocycles. The van der Waals surface area contributed by atoms with Gasteiger partial charge in [-0.3, -0.25) is 14.9 Å². The molecule has 3 N–H and O–H groups in total. The number of benzene rings is 2. The summed E-state index contributed by atoms with van der Waals surface area (Å²) in [4.78, 5) is 24.0. The van der Waals surface area contributed by atoms with Crippen LogP contribution in [-0.4, -0.2) is 16.9 Å². The van der Waals surface area contributed by atoms with Gasteiger partial charge in [0.15, 0.2) is 5.11 Å². The summed E-state index contributed by atoms with van der Waals surface area (Å²) in [6, 6.07) is 12.2. The van der Waals surface area contributed by atoms with Crippen molar-refractivity contribution in [2.75, 3.05) is 10.6 Å². The van der Waals surface area contributed by atoms with E-state index in [1.54, 1.807) is 36.4 Å². The van der Waals surface area contributed by atoms with Crippen molar-refractivity contribution in [3.05, 3.63) is 58.6 Å². The van der Waals surface area contributed by atoms with E-state index in [1.165, 1.54) is 0 Å². The Morgan fingerprint density at radius 2 is 1.88 bits per heavy atom. The lowest BCUT2D eigenvalue weighted by Crippen LogP contribution is -2.34. The summed E-state index contributed by atoms with van der Waals surface area (Å²) in [7, 11) is 0. The highest BCUT2D eigenvalue weighted by molar-refractivity contribution is 7.80. The minimum atomic E-state index is -0.310. The van der Waals surface area contributed by atoms with Crippen molar-refractivity contribution in [2.24, 2.45) is 0 Å². The van der Waals surface area contributed by atoms with Crippen molar-refractivity contribution >= 4 is 52.1 Å². The van der Waals surface area contributed by atoms with E-state index >= 15 is 0 Å². The molecule has 2 aromatic carbocycles. The Morgan fingerprint density at radius 1 is 1.12 bits per heavy atom. The largest absolute Gasteiger partial charge is 0.331 e. The Balaban J connectivity index is 2.03. The molecular formula is C19H20ClN3O2S. The number of hydrogen-bond donors (Lipinski definition) is 3. The number of rotatable bonds is 5. The highest BCUT2D eigenvalue weighted by atomic mass is 35.5. The second kappa shape index (κ2) is 9.31. The first-order valence-corrected chi connectivity index (χ1v) is 8.96. The third-order valence-electron chi connectivity index (χ3n) is 3.48. The van der Waals surface area contributed by atoms with E-state index in [4.69, 9.17) is 23.8 Å². The van der Waals surface area contributed by atoms with Crippen LogP contribution in [0.1, 0.15) is 35.7 Å². The third kappa shape index (κ3) is 5.82. The molecule has 2 aromatic rings. The molecule has 0 radical (unpaired) electrons. The zero-order valence-electron chi connectivity index (χ0n) is 14.6. The molecule has 0 aromatic heterocycles. The van der Waals surface area contributed by atoms with Gasteiger partial charge in [-0.2, -0.15) is 0 Å². The van der Waals surface area contributed by atoms with Gasteiger partial charge in [0.05, 0.1) is 10.7 Å². The van der Waals surface area contributed by atoms with E-state index < -0.39 is 0 Å². The molecule has 0 aliphatic carbocycles. The van der Waals surface area contributed by atoms with Crippen LogP contribution < -0.4 is 16.0 Å². The van der Waals surface area contributed by atoms with Gasteiger partial charge in [-0.1, -0.05) is 36.2 Å². The van der Waals surface area contributed by atoms with Crippen LogP contribution in [0.3, 0.4) is 0 Å². The fourth-order valence-electron chi connectivity index (χ4n) is 2.26. The summed E-state index contributed by atoms with van der Waals surface area (Å²) in [6.07, 6.45) is 1.20. The number of hydrogen-bond acceptors (Lipinski definition) is 3. The van der Waals surface area contributed by atoms with Crippen molar-refractivity contribution in [3.63, 3.8) is 0 Å². The molecule has 0 fully saturated rings. The standard InChI is InChI=1S/C19H20ClN3O2S/c1-3-5-17(24)21-14-8-9-15(20)16(11-14)22-19(26)23-18(25)13-7-4-6-12(2)10-13/h4,6-11H,3,5H2,1-2H3,(H,21,24)(H2,22,23,25,26).